The highest BCUT2D eigenvalue weighted by atomic mass is 19.4. The minimum absolute atomic E-state index is 0.0831. The van der Waals surface area contributed by atoms with E-state index in [0.29, 0.717) is 16.9 Å². The molecule has 7 heteroatoms. The number of aryl methyl sites for hydroxylation is 2. The summed E-state index contributed by atoms with van der Waals surface area (Å²) in [4.78, 5) is 3.86. The number of nitrogens with zero attached hydrogens (tertiary/aromatic N) is 4. The van der Waals surface area contributed by atoms with Gasteiger partial charge in [-0.1, -0.05) is 66.7 Å². The zero-order valence-electron chi connectivity index (χ0n) is 25.9. The quantitative estimate of drug-likeness (QED) is 0.179. The van der Waals surface area contributed by atoms with Gasteiger partial charge in [0.05, 0.1) is 45.8 Å². The van der Waals surface area contributed by atoms with E-state index in [4.69, 9.17) is 6.57 Å². The van der Waals surface area contributed by atoms with Crippen molar-refractivity contribution in [3.8, 4) is 28.6 Å². The van der Waals surface area contributed by atoms with Crippen molar-refractivity contribution in [3.63, 3.8) is 0 Å². The van der Waals surface area contributed by atoms with E-state index in [1.165, 1.54) is 12.1 Å². The van der Waals surface area contributed by atoms with Crippen LogP contribution in [0.3, 0.4) is 0 Å². The molecular formula is C41H25F3N4. The third kappa shape index (κ3) is 4.36. The summed E-state index contributed by atoms with van der Waals surface area (Å²) in [6, 6.07) is 36.7. The van der Waals surface area contributed by atoms with E-state index in [9.17, 15) is 5.26 Å². The largest absolute Gasteiger partial charge is 0.417 e. The average Bonchev–Trinajstić information content (AvgIpc) is 3.58. The second kappa shape index (κ2) is 10.6. The van der Waals surface area contributed by atoms with Gasteiger partial charge in [-0.25, -0.2) is 4.85 Å². The molecule has 8 rings (SSSR count). The van der Waals surface area contributed by atoms with Gasteiger partial charge in [-0.2, -0.15) is 18.4 Å². The number of alkyl halides is 3. The number of para-hydroxylation sites is 2. The van der Waals surface area contributed by atoms with Crippen LogP contribution in [0.2, 0.25) is 0 Å². The predicted octanol–water partition coefficient (Wildman–Crippen LogP) is 11.6. The molecule has 0 radical (unpaired) electrons. The molecule has 0 bridgehead atoms. The second-order valence-electron chi connectivity index (χ2n) is 12.1. The third-order valence-corrected chi connectivity index (χ3v) is 9.07. The number of fused-ring (bicyclic) bond motifs is 6. The number of nitriles is 1. The molecule has 0 saturated carbocycles. The van der Waals surface area contributed by atoms with Gasteiger partial charge < -0.3 is 9.13 Å². The lowest BCUT2D eigenvalue weighted by Gasteiger charge is -2.23. The molecule has 6 aromatic carbocycles. The number of benzene rings is 6. The summed E-state index contributed by atoms with van der Waals surface area (Å²) in [6.07, 6.45) is -4.77. The first-order valence-corrected chi connectivity index (χ1v) is 15.4. The Balaban J connectivity index is 1.65. The first kappa shape index (κ1) is 29.1. The summed E-state index contributed by atoms with van der Waals surface area (Å²) in [7, 11) is 0. The Bertz CT molecular complexity index is 2570. The van der Waals surface area contributed by atoms with Gasteiger partial charge in [-0.15, -0.1) is 0 Å². The average molecular weight is 631 g/mol. The molecule has 8 aromatic rings. The molecule has 0 aliphatic rings. The van der Waals surface area contributed by atoms with Crippen molar-refractivity contribution in [2.24, 2.45) is 0 Å². The lowest BCUT2D eigenvalue weighted by Crippen LogP contribution is -2.11. The van der Waals surface area contributed by atoms with Gasteiger partial charge in [0.15, 0.2) is 5.69 Å². The van der Waals surface area contributed by atoms with Gasteiger partial charge >= 0.3 is 6.18 Å². The highest BCUT2D eigenvalue weighted by Gasteiger charge is 2.36. The minimum atomic E-state index is -4.77. The number of hydrogen-bond donors (Lipinski definition) is 0. The smallest absolute Gasteiger partial charge is 0.310 e. The lowest BCUT2D eigenvalue weighted by molar-refractivity contribution is -0.137. The zero-order valence-corrected chi connectivity index (χ0v) is 25.9. The molecule has 0 N–H and O–H groups in total. The van der Waals surface area contributed by atoms with E-state index in [2.05, 4.69) is 4.85 Å². The summed E-state index contributed by atoms with van der Waals surface area (Å²) >= 11 is 0. The predicted molar refractivity (Wildman–Crippen MR) is 186 cm³/mol. The monoisotopic (exact) mass is 630 g/mol. The third-order valence-electron chi connectivity index (χ3n) is 9.07. The van der Waals surface area contributed by atoms with E-state index >= 15 is 13.2 Å². The highest BCUT2D eigenvalue weighted by molar-refractivity contribution is 6.12. The summed E-state index contributed by atoms with van der Waals surface area (Å²) in [5.41, 5.74) is 5.55. The number of hydrogen-bond acceptors (Lipinski definition) is 1. The molecule has 0 atom stereocenters. The summed E-state index contributed by atoms with van der Waals surface area (Å²) in [5, 5.41) is 13.4. The number of halogens is 3. The molecule has 0 spiro atoms. The number of aromatic nitrogens is 2. The summed E-state index contributed by atoms with van der Waals surface area (Å²) in [5.74, 6) is 0. The Morgan fingerprint density at radius 1 is 0.625 bits per heavy atom. The molecule has 4 nitrogen and oxygen atoms in total. The van der Waals surface area contributed by atoms with Crippen molar-refractivity contribution in [1.29, 1.82) is 5.26 Å². The maximum Gasteiger partial charge on any atom is 0.417 e. The first-order valence-electron chi connectivity index (χ1n) is 15.4. The van der Waals surface area contributed by atoms with Crippen LogP contribution < -0.4 is 0 Å². The molecule has 2 heterocycles. The minimum Gasteiger partial charge on any atom is -0.310 e. The molecule has 48 heavy (non-hydrogen) atoms. The molecule has 0 fully saturated rings. The Morgan fingerprint density at radius 3 is 1.60 bits per heavy atom. The molecule has 0 aliphatic heterocycles. The Hall–Kier alpha value is -6.31. The van der Waals surface area contributed by atoms with Crippen LogP contribution in [0.25, 0.3) is 71.0 Å². The van der Waals surface area contributed by atoms with Crippen LogP contribution in [0.4, 0.5) is 18.9 Å². The van der Waals surface area contributed by atoms with Gasteiger partial charge in [0.2, 0.25) is 0 Å². The maximum absolute atomic E-state index is 15.1. The normalized spacial score (nSPS) is 11.8. The van der Waals surface area contributed by atoms with Crippen molar-refractivity contribution in [2.75, 3.05) is 0 Å². The SMILES string of the molecule is [C-]#[N+]c1cc(-n2c3ccccc3c3ccc(C)cc32)c(-c2ccc(C#N)cc2C(F)(F)F)c(-n2c3ccccc3c3ccc(C)cc32)c1. The highest BCUT2D eigenvalue weighted by Crippen LogP contribution is 2.47. The van der Waals surface area contributed by atoms with E-state index in [1.54, 1.807) is 12.1 Å². The first-order chi connectivity index (χ1) is 23.2. The van der Waals surface area contributed by atoms with Gasteiger partial charge in [0.25, 0.3) is 0 Å². The number of rotatable bonds is 3. The van der Waals surface area contributed by atoms with Gasteiger partial charge in [0.1, 0.15) is 0 Å². The van der Waals surface area contributed by atoms with E-state index in [-0.39, 0.29) is 16.8 Å². The summed E-state index contributed by atoms with van der Waals surface area (Å²) < 4.78 is 49.2. The molecule has 0 amide bonds. The van der Waals surface area contributed by atoms with Crippen molar-refractivity contribution in [3.05, 3.63) is 149 Å². The van der Waals surface area contributed by atoms with Gasteiger partial charge in [-0.05, 0) is 79.1 Å². The molecule has 0 aliphatic carbocycles. The van der Waals surface area contributed by atoms with Crippen LogP contribution in [-0.4, -0.2) is 9.13 Å². The fraction of sp³-hybridized carbons (Fsp3) is 0.0732. The summed E-state index contributed by atoms with van der Waals surface area (Å²) in [6.45, 7) is 12.1. The van der Waals surface area contributed by atoms with Crippen molar-refractivity contribution in [1.82, 2.24) is 9.13 Å². The molecule has 230 valence electrons. The fourth-order valence-corrected chi connectivity index (χ4v) is 7.04. The van der Waals surface area contributed by atoms with Crippen LogP contribution in [-0.2, 0) is 6.18 Å². The van der Waals surface area contributed by atoms with Crippen LogP contribution in [0.5, 0.6) is 0 Å². The van der Waals surface area contributed by atoms with Gasteiger partial charge in [0, 0.05) is 38.5 Å². The van der Waals surface area contributed by atoms with Crippen LogP contribution >= 0.6 is 0 Å². The van der Waals surface area contributed by atoms with Crippen LogP contribution in [0.15, 0.2) is 115 Å². The molecule has 0 unspecified atom stereocenters. The Morgan fingerprint density at radius 2 is 1.12 bits per heavy atom. The second-order valence-corrected chi connectivity index (χ2v) is 12.1. The van der Waals surface area contributed by atoms with Crippen molar-refractivity contribution < 1.29 is 13.2 Å². The maximum atomic E-state index is 15.1. The van der Waals surface area contributed by atoms with E-state index in [1.807, 2.05) is 114 Å². The van der Waals surface area contributed by atoms with Crippen LogP contribution in [0, 0.1) is 31.8 Å². The molecule has 0 saturated heterocycles. The molecular weight excluding hydrogens is 605 g/mol. The topological polar surface area (TPSA) is 38.0 Å². The van der Waals surface area contributed by atoms with Crippen LogP contribution in [0.1, 0.15) is 22.3 Å². The molecule has 2 aromatic heterocycles. The lowest BCUT2D eigenvalue weighted by atomic mass is 9.93. The Kier molecular flexibility index (Phi) is 6.44. The fourth-order valence-electron chi connectivity index (χ4n) is 7.04. The van der Waals surface area contributed by atoms with Gasteiger partial charge in [-0.3, -0.25) is 0 Å². The van der Waals surface area contributed by atoms with Crippen molar-refractivity contribution >= 4 is 49.3 Å². The zero-order chi connectivity index (χ0) is 33.3. The Labute approximate surface area is 273 Å². The standard InChI is InChI=1S/C41H25F3N4/c1-24-12-15-30-28-8-4-6-10-34(28)47(36(30)18-24)38-21-27(46-3)22-39(40(38)32-17-14-26(23-45)20-33(32)41(42,43)44)48-35-11-7-5-9-29(35)31-16-13-25(2)19-37(31)48/h4-22H,1-2H3. The van der Waals surface area contributed by atoms with E-state index < -0.39 is 11.7 Å². The van der Waals surface area contributed by atoms with Crippen molar-refractivity contribution in [2.45, 2.75) is 20.0 Å². The van der Waals surface area contributed by atoms with E-state index in [0.717, 1.165) is 60.8 Å².